The lowest BCUT2D eigenvalue weighted by Crippen LogP contribution is -2.06. The first-order valence-electron chi connectivity index (χ1n) is 5.60. The lowest BCUT2D eigenvalue weighted by atomic mass is 10.2. The molecule has 0 aliphatic rings. The number of halogens is 1. The highest BCUT2D eigenvalue weighted by Gasteiger charge is 2.03. The van der Waals surface area contributed by atoms with Gasteiger partial charge in [-0.15, -0.1) is 0 Å². The Labute approximate surface area is 105 Å². The molecule has 0 saturated heterocycles. The fourth-order valence-electron chi connectivity index (χ4n) is 1.67. The second-order valence-corrected chi connectivity index (χ2v) is 4.01. The van der Waals surface area contributed by atoms with E-state index in [-0.39, 0.29) is 0 Å². The molecule has 1 N–H and O–H groups in total. The molecule has 2 rings (SSSR count). The van der Waals surface area contributed by atoms with Crippen molar-refractivity contribution in [3.8, 4) is 6.07 Å². The molecule has 0 fully saturated rings. The van der Waals surface area contributed by atoms with E-state index in [9.17, 15) is 4.39 Å². The quantitative estimate of drug-likeness (QED) is 0.896. The van der Waals surface area contributed by atoms with Crippen LogP contribution < -0.4 is 5.32 Å². The van der Waals surface area contributed by atoms with Gasteiger partial charge < -0.3 is 5.32 Å². The van der Waals surface area contributed by atoms with Gasteiger partial charge in [-0.25, -0.2) is 4.39 Å². The molecule has 1 heterocycles. The summed E-state index contributed by atoms with van der Waals surface area (Å²) in [6.45, 7) is 0.620. The maximum atomic E-state index is 13.5. The van der Waals surface area contributed by atoms with Gasteiger partial charge >= 0.3 is 0 Å². The smallest absolute Gasteiger partial charge is 0.147 e. The molecule has 4 nitrogen and oxygen atoms in total. The molecule has 1 aromatic carbocycles. The molecular formula is C13H13FN4. The van der Waals surface area contributed by atoms with E-state index in [1.807, 2.05) is 19.3 Å². The second-order valence-electron chi connectivity index (χ2n) is 4.01. The van der Waals surface area contributed by atoms with Crippen LogP contribution in [0.5, 0.6) is 0 Å². The number of hydrogen-bond donors (Lipinski definition) is 1. The van der Waals surface area contributed by atoms with E-state index in [1.54, 1.807) is 23.0 Å². The van der Waals surface area contributed by atoms with Gasteiger partial charge in [-0.1, -0.05) is 0 Å². The Kier molecular flexibility index (Phi) is 3.58. The fraction of sp³-hybridized carbons (Fsp3) is 0.231. The Morgan fingerprint density at radius 3 is 2.94 bits per heavy atom. The Balaban J connectivity index is 1.92. The van der Waals surface area contributed by atoms with Crippen molar-refractivity contribution in [3.63, 3.8) is 0 Å². The van der Waals surface area contributed by atoms with Gasteiger partial charge in [0.2, 0.25) is 0 Å². The number of benzene rings is 1. The van der Waals surface area contributed by atoms with E-state index in [2.05, 4.69) is 10.4 Å². The van der Waals surface area contributed by atoms with Crippen LogP contribution in [0.3, 0.4) is 0 Å². The first-order chi connectivity index (χ1) is 8.69. The Morgan fingerprint density at radius 2 is 2.33 bits per heavy atom. The summed E-state index contributed by atoms with van der Waals surface area (Å²) in [6, 6.07) is 6.30. The highest BCUT2D eigenvalue weighted by atomic mass is 19.1. The van der Waals surface area contributed by atoms with E-state index in [0.29, 0.717) is 17.8 Å². The van der Waals surface area contributed by atoms with Crippen molar-refractivity contribution in [2.45, 2.75) is 6.42 Å². The van der Waals surface area contributed by atoms with E-state index in [0.717, 1.165) is 12.0 Å². The zero-order valence-electron chi connectivity index (χ0n) is 10.0. The number of rotatable bonds is 4. The van der Waals surface area contributed by atoms with Crippen LogP contribution >= 0.6 is 0 Å². The van der Waals surface area contributed by atoms with E-state index in [4.69, 9.17) is 5.26 Å². The summed E-state index contributed by atoms with van der Waals surface area (Å²) in [6.07, 6.45) is 4.49. The maximum Gasteiger partial charge on any atom is 0.147 e. The molecule has 18 heavy (non-hydrogen) atoms. The zero-order valence-corrected chi connectivity index (χ0v) is 10.0. The maximum absolute atomic E-state index is 13.5. The molecular weight excluding hydrogens is 231 g/mol. The van der Waals surface area contributed by atoms with Gasteiger partial charge in [0.15, 0.2) is 0 Å². The van der Waals surface area contributed by atoms with Crippen molar-refractivity contribution in [2.75, 3.05) is 11.9 Å². The third-order valence-corrected chi connectivity index (χ3v) is 2.59. The number of nitriles is 1. The van der Waals surface area contributed by atoms with Crippen LogP contribution in [0.25, 0.3) is 0 Å². The van der Waals surface area contributed by atoms with Crippen LogP contribution in [-0.4, -0.2) is 16.3 Å². The third-order valence-electron chi connectivity index (χ3n) is 2.59. The van der Waals surface area contributed by atoms with Gasteiger partial charge in [0.1, 0.15) is 5.82 Å². The van der Waals surface area contributed by atoms with Crippen LogP contribution in [0, 0.1) is 17.1 Å². The standard InChI is InChI=1S/C13H13FN4/c1-18-9-11(8-17-18)4-5-16-13-3-2-10(7-15)6-12(13)14/h2-3,6,8-9,16H,4-5H2,1H3. The van der Waals surface area contributed by atoms with Gasteiger partial charge in [-0.3, -0.25) is 4.68 Å². The molecule has 0 saturated carbocycles. The molecule has 0 spiro atoms. The van der Waals surface area contributed by atoms with Crippen molar-refractivity contribution < 1.29 is 4.39 Å². The molecule has 0 aliphatic heterocycles. The molecule has 0 unspecified atom stereocenters. The van der Waals surface area contributed by atoms with Crippen molar-refractivity contribution in [2.24, 2.45) is 7.05 Å². The minimum Gasteiger partial charge on any atom is -0.382 e. The van der Waals surface area contributed by atoms with Gasteiger partial charge in [0.25, 0.3) is 0 Å². The van der Waals surface area contributed by atoms with E-state index >= 15 is 0 Å². The highest BCUT2D eigenvalue weighted by Crippen LogP contribution is 2.15. The van der Waals surface area contributed by atoms with Gasteiger partial charge in [0, 0.05) is 19.8 Å². The SMILES string of the molecule is Cn1cc(CCNc2ccc(C#N)cc2F)cn1. The molecule has 5 heteroatoms. The van der Waals surface area contributed by atoms with Gasteiger partial charge in [0.05, 0.1) is 23.5 Å². The minimum absolute atomic E-state index is 0.324. The van der Waals surface area contributed by atoms with Crippen molar-refractivity contribution in [1.29, 1.82) is 5.26 Å². The summed E-state index contributed by atoms with van der Waals surface area (Å²) in [5.74, 6) is -0.403. The van der Waals surface area contributed by atoms with E-state index in [1.165, 1.54) is 6.07 Å². The van der Waals surface area contributed by atoms with Crippen LogP contribution in [-0.2, 0) is 13.5 Å². The van der Waals surface area contributed by atoms with Crippen LogP contribution in [0.15, 0.2) is 30.6 Å². The summed E-state index contributed by atoms with van der Waals surface area (Å²) in [4.78, 5) is 0. The third kappa shape index (κ3) is 2.86. The summed E-state index contributed by atoms with van der Waals surface area (Å²) in [5.41, 5.74) is 1.84. The number of nitrogens with zero attached hydrogens (tertiary/aromatic N) is 3. The van der Waals surface area contributed by atoms with Gasteiger partial charge in [-0.2, -0.15) is 10.4 Å². The van der Waals surface area contributed by atoms with Crippen LogP contribution in [0.1, 0.15) is 11.1 Å². The summed E-state index contributed by atoms with van der Waals surface area (Å²) >= 11 is 0. The summed E-state index contributed by atoms with van der Waals surface area (Å²) in [7, 11) is 1.86. The normalized spacial score (nSPS) is 10.1. The molecule has 2 aromatic rings. The average Bonchev–Trinajstić information content (AvgIpc) is 2.77. The molecule has 0 aliphatic carbocycles. The molecule has 0 bridgehead atoms. The molecule has 1 aromatic heterocycles. The number of hydrogen-bond acceptors (Lipinski definition) is 3. The first-order valence-corrected chi connectivity index (χ1v) is 5.60. The topological polar surface area (TPSA) is 53.6 Å². The number of aromatic nitrogens is 2. The highest BCUT2D eigenvalue weighted by molar-refractivity contribution is 5.48. The number of aryl methyl sites for hydroxylation is 1. The monoisotopic (exact) mass is 244 g/mol. The lowest BCUT2D eigenvalue weighted by molar-refractivity contribution is 0.629. The molecule has 0 amide bonds. The predicted octanol–water partition coefficient (Wildman–Crippen LogP) is 2.09. The summed E-state index contributed by atoms with van der Waals surface area (Å²) < 4.78 is 15.3. The Hall–Kier alpha value is -2.35. The molecule has 0 atom stereocenters. The van der Waals surface area contributed by atoms with Crippen molar-refractivity contribution >= 4 is 5.69 Å². The minimum atomic E-state index is -0.403. The largest absolute Gasteiger partial charge is 0.382 e. The first kappa shape index (κ1) is 12.1. The van der Waals surface area contributed by atoms with Crippen LogP contribution in [0.2, 0.25) is 0 Å². The number of nitrogens with one attached hydrogen (secondary N) is 1. The van der Waals surface area contributed by atoms with Gasteiger partial charge in [-0.05, 0) is 30.2 Å². The summed E-state index contributed by atoms with van der Waals surface area (Å²) in [5, 5.41) is 15.7. The Morgan fingerprint density at radius 1 is 1.50 bits per heavy atom. The van der Waals surface area contributed by atoms with E-state index < -0.39 is 5.82 Å². The molecule has 0 radical (unpaired) electrons. The second kappa shape index (κ2) is 5.32. The van der Waals surface area contributed by atoms with Crippen molar-refractivity contribution in [1.82, 2.24) is 9.78 Å². The lowest BCUT2D eigenvalue weighted by Gasteiger charge is -2.06. The fourth-order valence-corrected chi connectivity index (χ4v) is 1.67. The van der Waals surface area contributed by atoms with Crippen molar-refractivity contribution in [3.05, 3.63) is 47.5 Å². The zero-order chi connectivity index (χ0) is 13.0. The van der Waals surface area contributed by atoms with Crippen LogP contribution in [0.4, 0.5) is 10.1 Å². The molecule has 92 valence electrons. The average molecular weight is 244 g/mol. The predicted molar refractivity (Wildman–Crippen MR) is 66.5 cm³/mol. The Bertz CT molecular complexity index is 583. The number of anilines is 1.